The quantitative estimate of drug-likeness (QED) is 0.931. The van der Waals surface area contributed by atoms with Gasteiger partial charge >= 0.3 is 0 Å². The largest absolute Gasteiger partial charge is 0.490 e. The Morgan fingerprint density at radius 2 is 2.05 bits per heavy atom. The molecule has 6 heteroatoms. The Hall–Kier alpha value is -2.34. The van der Waals surface area contributed by atoms with Crippen LogP contribution in [0.3, 0.4) is 0 Å². The third kappa shape index (κ3) is 3.05. The molecular formula is C15H16N2O4. The number of ether oxygens (including phenoxy) is 3. The second-order valence-electron chi connectivity index (χ2n) is 4.73. The van der Waals surface area contributed by atoms with E-state index in [9.17, 15) is 4.79 Å². The molecule has 1 aliphatic rings. The molecule has 1 aromatic carbocycles. The van der Waals surface area contributed by atoms with Crippen LogP contribution in [-0.2, 0) is 11.3 Å². The smallest absolute Gasteiger partial charge is 0.251 e. The fourth-order valence-electron chi connectivity index (χ4n) is 2.18. The molecule has 0 fully saturated rings. The Labute approximate surface area is 121 Å². The Kier molecular flexibility index (Phi) is 3.87. The number of rotatable bonds is 3. The van der Waals surface area contributed by atoms with E-state index in [1.54, 1.807) is 7.11 Å². The predicted molar refractivity (Wildman–Crippen MR) is 76.6 cm³/mol. The summed E-state index contributed by atoms with van der Waals surface area (Å²) < 4.78 is 16.3. The third-order valence-corrected chi connectivity index (χ3v) is 3.11. The molecule has 2 aromatic rings. The van der Waals surface area contributed by atoms with Gasteiger partial charge in [0.15, 0.2) is 11.5 Å². The van der Waals surface area contributed by atoms with Gasteiger partial charge in [-0.1, -0.05) is 0 Å². The molecule has 21 heavy (non-hydrogen) atoms. The van der Waals surface area contributed by atoms with Crippen molar-refractivity contribution in [3.05, 3.63) is 40.3 Å². The Morgan fingerprint density at radius 1 is 1.24 bits per heavy atom. The van der Waals surface area contributed by atoms with E-state index in [2.05, 4.69) is 9.97 Å². The van der Waals surface area contributed by atoms with E-state index in [0.717, 1.165) is 12.0 Å². The molecule has 0 bridgehead atoms. The Balaban J connectivity index is 2.00. The van der Waals surface area contributed by atoms with Gasteiger partial charge in [-0.2, -0.15) is 0 Å². The first kappa shape index (κ1) is 13.6. The standard InChI is InChI=1S/C15H16N2O4/c1-19-9-11-8-14(18)17-15(16-11)10-3-4-12-13(7-10)21-6-2-5-20-12/h3-4,7-8H,2,5-6,9H2,1H3,(H,16,17,18). The average Bonchev–Trinajstić information content (AvgIpc) is 2.71. The van der Waals surface area contributed by atoms with Crippen LogP contribution in [0.4, 0.5) is 0 Å². The van der Waals surface area contributed by atoms with E-state index in [0.29, 0.717) is 42.8 Å². The molecule has 1 aliphatic heterocycles. The summed E-state index contributed by atoms with van der Waals surface area (Å²) in [5.74, 6) is 1.88. The second kappa shape index (κ2) is 5.97. The van der Waals surface area contributed by atoms with Gasteiger partial charge < -0.3 is 19.2 Å². The first-order valence-electron chi connectivity index (χ1n) is 6.75. The van der Waals surface area contributed by atoms with Crippen LogP contribution >= 0.6 is 0 Å². The topological polar surface area (TPSA) is 73.4 Å². The Morgan fingerprint density at radius 3 is 2.86 bits per heavy atom. The van der Waals surface area contributed by atoms with Crippen LogP contribution < -0.4 is 15.0 Å². The zero-order valence-corrected chi connectivity index (χ0v) is 11.7. The number of aromatic nitrogens is 2. The van der Waals surface area contributed by atoms with E-state index < -0.39 is 0 Å². The van der Waals surface area contributed by atoms with Crippen molar-refractivity contribution in [2.24, 2.45) is 0 Å². The van der Waals surface area contributed by atoms with Gasteiger partial charge in [0, 0.05) is 25.2 Å². The first-order chi connectivity index (χ1) is 10.3. The number of nitrogens with one attached hydrogen (secondary N) is 1. The molecule has 0 saturated heterocycles. The number of methoxy groups -OCH3 is 1. The van der Waals surface area contributed by atoms with Gasteiger partial charge in [-0.3, -0.25) is 4.79 Å². The number of H-pyrrole nitrogens is 1. The number of hydrogen-bond donors (Lipinski definition) is 1. The van der Waals surface area contributed by atoms with Crippen molar-refractivity contribution in [1.29, 1.82) is 0 Å². The number of benzene rings is 1. The number of nitrogens with zero attached hydrogens (tertiary/aromatic N) is 1. The van der Waals surface area contributed by atoms with E-state index in [-0.39, 0.29) is 5.56 Å². The SMILES string of the molecule is COCc1cc(=O)[nH]c(-c2ccc3c(c2)OCCCO3)n1. The minimum Gasteiger partial charge on any atom is -0.490 e. The number of fused-ring (bicyclic) bond motifs is 1. The average molecular weight is 288 g/mol. The van der Waals surface area contributed by atoms with Crippen LogP contribution in [0, 0.1) is 0 Å². The predicted octanol–water partition coefficient (Wildman–Crippen LogP) is 1.74. The molecule has 2 heterocycles. The highest BCUT2D eigenvalue weighted by atomic mass is 16.5. The zero-order valence-electron chi connectivity index (χ0n) is 11.7. The third-order valence-electron chi connectivity index (χ3n) is 3.11. The molecule has 0 radical (unpaired) electrons. The van der Waals surface area contributed by atoms with Gasteiger partial charge in [0.05, 0.1) is 25.5 Å². The molecule has 0 aliphatic carbocycles. The van der Waals surface area contributed by atoms with Crippen LogP contribution in [-0.4, -0.2) is 30.3 Å². The summed E-state index contributed by atoms with van der Waals surface area (Å²) in [7, 11) is 1.57. The van der Waals surface area contributed by atoms with Gasteiger partial charge in [0.25, 0.3) is 5.56 Å². The molecule has 3 rings (SSSR count). The van der Waals surface area contributed by atoms with Gasteiger partial charge in [0.1, 0.15) is 5.82 Å². The van der Waals surface area contributed by atoms with E-state index in [4.69, 9.17) is 14.2 Å². The molecule has 6 nitrogen and oxygen atoms in total. The lowest BCUT2D eigenvalue weighted by atomic mass is 10.2. The lowest BCUT2D eigenvalue weighted by Gasteiger charge is -2.09. The van der Waals surface area contributed by atoms with Crippen molar-refractivity contribution in [1.82, 2.24) is 9.97 Å². The van der Waals surface area contributed by atoms with E-state index >= 15 is 0 Å². The summed E-state index contributed by atoms with van der Waals surface area (Å²) >= 11 is 0. The second-order valence-corrected chi connectivity index (χ2v) is 4.73. The summed E-state index contributed by atoms with van der Waals surface area (Å²) in [6.07, 6.45) is 0.850. The minimum absolute atomic E-state index is 0.209. The van der Waals surface area contributed by atoms with Crippen LogP contribution in [0.25, 0.3) is 11.4 Å². The fourth-order valence-corrected chi connectivity index (χ4v) is 2.18. The van der Waals surface area contributed by atoms with Gasteiger partial charge in [-0.15, -0.1) is 0 Å². The highest BCUT2D eigenvalue weighted by molar-refractivity contribution is 5.61. The highest BCUT2D eigenvalue weighted by Gasteiger charge is 2.13. The normalized spacial score (nSPS) is 13.8. The summed E-state index contributed by atoms with van der Waals surface area (Å²) in [5.41, 5.74) is 1.15. The van der Waals surface area contributed by atoms with E-state index in [1.807, 2.05) is 18.2 Å². The molecule has 0 saturated carbocycles. The van der Waals surface area contributed by atoms with E-state index in [1.165, 1.54) is 6.07 Å². The molecule has 0 unspecified atom stereocenters. The molecule has 1 aromatic heterocycles. The van der Waals surface area contributed by atoms with Crippen LogP contribution in [0.1, 0.15) is 12.1 Å². The summed E-state index contributed by atoms with van der Waals surface area (Å²) in [5, 5.41) is 0. The molecule has 0 atom stereocenters. The van der Waals surface area contributed by atoms with Crippen molar-refractivity contribution in [2.75, 3.05) is 20.3 Å². The monoisotopic (exact) mass is 288 g/mol. The molecule has 0 amide bonds. The van der Waals surface area contributed by atoms with Crippen molar-refractivity contribution < 1.29 is 14.2 Å². The molecular weight excluding hydrogens is 272 g/mol. The van der Waals surface area contributed by atoms with Crippen LogP contribution in [0.5, 0.6) is 11.5 Å². The summed E-state index contributed by atoms with van der Waals surface area (Å²) in [6.45, 7) is 1.55. The van der Waals surface area contributed by atoms with Gasteiger partial charge in [-0.05, 0) is 18.2 Å². The summed E-state index contributed by atoms with van der Waals surface area (Å²) in [4.78, 5) is 18.8. The number of aromatic amines is 1. The maximum atomic E-state index is 11.7. The maximum absolute atomic E-state index is 11.7. The van der Waals surface area contributed by atoms with Crippen molar-refractivity contribution >= 4 is 0 Å². The lowest BCUT2D eigenvalue weighted by Crippen LogP contribution is -2.11. The molecule has 1 N–H and O–H groups in total. The summed E-state index contributed by atoms with van der Waals surface area (Å²) in [6, 6.07) is 6.94. The first-order valence-corrected chi connectivity index (χ1v) is 6.75. The Bertz CT molecular complexity index is 696. The van der Waals surface area contributed by atoms with Gasteiger partial charge in [0.2, 0.25) is 0 Å². The highest BCUT2D eigenvalue weighted by Crippen LogP contribution is 2.33. The fraction of sp³-hybridized carbons (Fsp3) is 0.333. The lowest BCUT2D eigenvalue weighted by molar-refractivity contribution is 0.181. The zero-order chi connectivity index (χ0) is 14.7. The van der Waals surface area contributed by atoms with Crippen LogP contribution in [0.15, 0.2) is 29.1 Å². The molecule has 0 spiro atoms. The number of hydrogen-bond acceptors (Lipinski definition) is 5. The van der Waals surface area contributed by atoms with Crippen molar-refractivity contribution in [2.45, 2.75) is 13.0 Å². The maximum Gasteiger partial charge on any atom is 0.251 e. The van der Waals surface area contributed by atoms with Crippen molar-refractivity contribution in [3.63, 3.8) is 0 Å². The van der Waals surface area contributed by atoms with Crippen LogP contribution in [0.2, 0.25) is 0 Å². The van der Waals surface area contributed by atoms with Crippen molar-refractivity contribution in [3.8, 4) is 22.9 Å². The minimum atomic E-state index is -0.209. The van der Waals surface area contributed by atoms with Gasteiger partial charge in [-0.25, -0.2) is 4.98 Å². The molecule has 110 valence electrons.